The summed E-state index contributed by atoms with van der Waals surface area (Å²) >= 11 is 0. The fraction of sp³-hybridized carbons (Fsp3) is 1.00. The number of nitrogens with one attached hydrogen (secondary N) is 1. The average molecular weight is 265 g/mol. The van der Waals surface area contributed by atoms with Crippen LogP contribution in [-0.4, -0.2) is 45.7 Å². The summed E-state index contributed by atoms with van der Waals surface area (Å²) < 4.78 is 27.8. The second kappa shape index (κ2) is 8.06. The lowest BCUT2D eigenvalue weighted by atomic mass is 10.2. The molecule has 0 unspecified atom stereocenters. The third-order valence-corrected chi connectivity index (χ3v) is 5.29. The highest BCUT2D eigenvalue weighted by Crippen LogP contribution is 2.15. The number of ether oxygens (including phenoxy) is 1. The predicted molar refractivity (Wildman–Crippen MR) is 72.1 cm³/mol. The Bertz CT molecular complexity index is 281. The molecule has 0 aromatic carbocycles. The van der Waals surface area contributed by atoms with Crippen LogP contribution in [0.25, 0.3) is 0 Å². The van der Waals surface area contributed by atoms with Gasteiger partial charge in [-0.15, -0.1) is 0 Å². The Hall–Kier alpha value is -0.130. The van der Waals surface area contributed by atoms with Crippen LogP contribution in [0.1, 0.15) is 40.0 Å². The Morgan fingerprint density at radius 1 is 1.06 bits per heavy atom. The molecular formula is C12H27NO3S. The van der Waals surface area contributed by atoms with Crippen LogP contribution in [0.3, 0.4) is 0 Å². The molecule has 0 aliphatic rings. The van der Waals surface area contributed by atoms with Gasteiger partial charge in [0.05, 0.1) is 10.5 Å². The van der Waals surface area contributed by atoms with Crippen molar-refractivity contribution >= 4 is 9.84 Å². The van der Waals surface area contributed by atoms with Crippen molar-refractivity contribution in [1.29, 1.82) is 0 Å². The zero-order valence-corrected chi connectivity index (χ0v) is 12.4. The Morgan fingerprint density at radius 2 is 1.71 bits per heavy atom. The van der Waals surface area contributed by atoms with Crippen molar-refractivity contribution in [3.8, 4) is 0 Å². The van der Waals surface area contributed by atoms with Crippen molar-refractivity contribution in [2.75, 3.05) is 32.6 Å². The number of sulfone groups is 1. The molecule has 0 aliphatic carbocycles. The van der Waals surface area contributed by atoms with E-state index in [1.54, 1.807) is 27.9 Å². The first-order valence-corrected chi connectivity index (χ1v) is 7.88. The van der Waals surface area contributed by atoms with Crippen molar-refractivity contribution < 1.29 is 13.2 Å². The van der Waals surface area contributed by atoms with Crippen molar-refractivity contribution in [3.63, 3.8) is 0 Å². The van der Waals surface area contributed by atoms with E-state index in [1.807, 2.05) is 0 Å². The first-order valence-electron chi connectivity index (χ1n) is 6.23. The zero-order valence-electron chi connectivity index (χ0n) is 11.6. The minimum atomic E-state index is -2.98. The van der Waals surface area contributed by atoms with Crippen LogP contribution in [-0.2, 0) is 14.6 Å². The maximum absolute atomic E-state index is 11.8. The molecule has 104 valence electrons. The average Bonchev–Trinajstić information content (AvgIpc) is 2.20. The monoisotopic (exact) mass is 265 g/mol. The third-order valence-electron chi connectivity index (χ3n) is 2.68. The highest BCUT2D eigenvalue weighted by Gasteiger charge is 2.27. The topological polar surface area (TPSA) is 55.4 Å². The van der Waals surface area contributed by atoms with Crippen molar-refractivity contribution in [3.05, 3.63) is 0 Å². The lowest BCUT2D eigenvalue weighted by Crippen LogP contribution is -2.34. The number of rotatable bonds is 9. The minimum absolute atomic E-state index is 0.217. The molecule has 1 N–H and O–H groups in total. The molecule has 0 spiro atoms. The quantitative estimate of drug-likeness (QED) is 0.644. The van der Waals surface area contributed by atoms with Gasteiger partial charge in [-0.1, -0.05) is 0 Å². The van der Waals surface area contributed by atoms with E-state index in [9.17, 15) is 8.42 Å². The molecule has 4 nitrogen and oxygen atoms in total. The standard InChI is InChI=1S/C12H27NO3S/c1-12(2,3)17(14,15)11-9-13-8-6-5-7-10-16-4/h13H,5-11H2,1-4H3. The second-order valence-electron chi connectivity index (χ2n) is 5.23. The van der Waals surface area contributed by atoms with E-state index >= 15 is 0 Å². The van der Waals surface area contributed by atoms with Crippen LogP contribution < -0.4 is 5.32 Å². The van der Waals surface area contributed by atoms with Crippen molar-refractivity contribution in [1.82, 2.24) is 5.32 Å². The molecular weight excluding hydrogens is 238 g/mol. The van der Waals surface area contributed by atoms with Gasteiger partial charge in [-0.3, -0.25) is 0 Å². The summed E-state index contributed by atoms with van der Waals surface area (Å²) in [5.41, 5.74) is 0. The molecule has 0 saturated carbocycles. The van der Waals surface area contributed by atoms with Gasteiger partial charge in [0, 0.05) is 20.3 Å². The van der Waals surface area contributed by atoms with Crippen LogP contribution >= 0.6 is 0 Å². The Labute approximate surface area is 106 Å². The van der Waals surface area contributed by atoms with Gasteiger partial charge < -0.3 is 10.1 Å². The molecule has 5 heteroatoms. The summed E-state index contributed by atoms with van der Waals surface area (Å²) in [6.07, 6.45) is 3.25. The molecule has 0 bridgehead atoms. The maximum atomic E-state index is 11.8. The minimum Gasteiger partial charge on any atom is -0.385 e. The summed E-state index contributed by atoms with van der Waals surface area (Å²) in [4.78, 5) is 0. The SMILES string of the molecule is COCCCCCNCCS(=O)(=O)C(C)(C)C. The Balaban J connectivity index is 3.53. The van der Waals surface area contributed by atoms with Gasteiger partial charge >= 0.3 is 0 Å². The molecule has 0 aromatic heterocycles. The van der Waals surface area contributed by atoms with Crippen LogP contribution in [0, 0.1) is 0 Å². The molecule has 17 heavy (non-hydrogen) atoms. The summed E-state index contributed by atoms with van der Waals surface area (Å²) in [5.74, 6) is 0.217. The summed E-state index contributed by atoms with van der Waals surface area (Å²) in [5, 5.41) is 3.17. The lowest BCUT2D eigenvalue weighted by Gasteiger charge is -2.19. The molecule has 0 fully saturated rings. The molecule has 0 rings (SSSR count). The summed E-state index contributed by atoms with van der Waals surface area (Å²) in [7, 11) is -1.28. The number of hydrogen-bond donors (Lipinski definition) is 1. The first kappa shape index (κ1) is 16.9. The smallest absolute Gasteiger partial charge is 0.156 e. The van der Waals surface area contributed by atoms with E-state index in [4.69, 9.17) is 4.74 Å². The molecule has 0 aromatic rings. The van der Waals surface area contributed by atoms with Gasteiger partial charge in [-0.2, -0.15) is 0 Å². The fourth-order valence-electron chi connectivity index (χ4n) is 1.31. The van der Waals surface area contributed by atoms with Crippen LogP contribution in [0.5, 0.6) is 0 Å². The third kappa shape index (κ3) is 7.73. The van der Waals surface area contributed by atoms with Crippen LogP contribution in [0.15, 0.2) is 0 Å². The largest absolute Gasteiger partial charge is 0.385 e. The second-order valence-corrected chi connectivity index (χ2v) is 8.10. The van der Waals surface area contributed by atoms with Gasteiger partial charge in [-0.25, -0.2) is 8.42 Å². The molecule has 0 amide bonds. The predicted octanol–water partition coefficient (Wildman–Crippen LogP) is 1.61. The highest BCUT2D eigenvalue weighted by atomic mass is 32.2. The van der Waals surface area contributed by atoms with E-state index in [0.29, 0.717) is 6.54 Å². The normalized spacial score (nSPS) is 12.9. The molecule has 0 heterocycles. The molecule has 0 aliphatic heterocycles. The highest BCUT2D eigenvalue weighted by molar-refractivity contribution is 7.92. The Kier molecular flexibility index (Phi) is 8.00. The summed E-state index contributed by atoms with van der Waals surface area (Å²) in [6.45, 7) is 7.46. The van der Waals surface area contributed by atoms with E-state index < -0.39 is 14.6 Å². The Morgan fingerprint density at radius 3 is 2.24 bits per heavy atom. The van der Waals surface area contributed by atoms with E-state index in [-0.39, 0.29) is 5.75 Å². The molecule has 0 radical (unpaired) electrons. The van der Waals surface area contributed by atoms with Gasteiger partial charge in [0.2, 0.25) is 0 Å². The number of methoxy groups -OCH3 is 1. The van der Waals surface area contributed by atoms with E-state index in [2.05, 4.69) is 5.32 Å². The van der Waals surface area contributed by atoms with Gasteiger partial charge in [0.1, 0.15) is 0 Å². The van der Waals surface area contributed by atoms with Crippen LogP contribution in [0.4, 0.5) is 0 Å². The van der Waals surface area contributed by atoms with E-state index in [0.717, 1.165) is 32.4 Å². The number of unbranched alkanes of at least 4 members (excludes halogenated alkanes) is 2. The van der Waals surface area contributed by atoms with Gasteiger partial charge in [0.15, 0.2) is 9.84 Å². The van der Waals surface area contributed by atoms with Gasteiger partial charge in [-0.05, 0) is 46.6 Å². The fourth-order valence-corrected chi connectivity index (χ4v) is 2.34. The van der Waals surface area contributed by atoms with Crippen molar-refractivity contribution in [2.45, 2.75) is 44.8 Å². The molecule has 0 atom stereocenters. The maximum Gasteiger partial charge on any atom is 0.156 e. The lowest BCUT2D eigenvalue weighted by molar-refractivity contribution is 0.192. The first-order chi connectivity index (χ1) is 7.81. The number of hydrogen-bond acceptors (Lipinski definition) is 4. The zero-order chi connectivity index (χ0) is 13.4. The summed E-state index contributed by atoms with van der Waals surface area (Å²) in [6, 6.07) is 0. The van der Waals surface area contributed by atoms with Crippen molar-refractivity contribution in [2.24, 2.45) is 0 Å². The van der Waals surface area contributed by atoms with E-state index in [1.165, 1.54) is 0 Å². The van der Waals surface area contributed by atoms with Crippen LogP contribution in [0.2, 0.25) is 0 Å². The molecule has 0 saturated heterocycles. The van der Waals surface area contributed by atoms with Gasteiger partial charge in [0.25, 0.3) is 0 Å².